The zero-order valence-corrected chi connectivity index (χ0v) is 12.3. The number of carbonyl (C=O) groups excluding carboxylic acids is 2. The fourth-order valence-corrected chi connectivity index (χ4v) is 1.72. The van der Waals surface area contributed by atoms with Crippen LogP contribution in [0.5, 0.6) is 5.75 Å². The summed E-state index contributed by atoms with van der Waals surface area (Å²) in [6.07, 6.45) is -1.79. The van der Waals surface area contributed by atoms with Crippen LogP contribution in [0.1, 0.15) is 23.7 Å². The molecule has 0 aromatic heterocycles. The first-order chi connectivity index (χ1) is 9.85. The minimum atomic E-state index is -0.908. The molecule has 0 fully saturated rings. The zero-order valence-electron chi connectivity index (χ0n) is 12.3. The van der Waals surface area contributed by atoms with Gasteiger partial charge in [0.2, 0.25) is 0 Å². The summed E-state index contributed by atoms with van der Waals surface area (Å²) in [6.45, 7) is 1.62. The van der Waals surface area contributed by atoms with E-state index in [-0.39, 0.29) is 13.0 Å². The normalized spacial score (nSPS) is 11.6. The smallest absolute Gasteiger partial charge is 0.414 e. The molecule has 1 atom stereocenters. The lowest BCUT2D eigenvalue weighted by atomic mass is 10.0. The fraction of sp³-hybridized carbons (Fsp3) is 0.429. The molecule has 116 valence electrons. The number of amides is 2. The van der Waals surface area contributed by atoms with Gasteiger partial charge in [0.05, 0.1) is 0 Å². The molecule has 0 saturated carbocycles. The molecule has 0 aliphatic carbocycles. The molecule has 21 heavy (non-hydrogen) atoms. The SMILES string of the molecule is Cc1cc([C@@H](CCO)OC(N)=O)ccc1OC(=O)N(C)C. The molecule has 7 nitrogen and oxygen atoms in total. The number of benzene rings is 1. The van der Waals surface area contributed by atoms with Crippen molar-refractivity contribution in [3.63, 3.8) is 0 Å². The lowest BCUT2D eigenvalue weighted by Crippen LogP contribution is -2.25. The van der Waals surface area contributed by atoms with E-state index in [0.717, 1.165) is 0 Å². The van der Waals surface area contributed by atoms with Crippen molar-refractivity contribution in [2.45, 2.75) is 19.4 Å². The van der Waals surface area contributed by atoms with Crippen LogP contribution in [0.25, 0.3) is 0 Å². The summed E-state index contributed by atoms with van der Waals surface area (Å²) in [7, 11) is 3.17. The van der Waals surface area contributed by atoms with Crippen LogP contribution in [0.3, 0.4) is 0 Å². The molecule has 3 N–H and O–H groups in total. The number of nitrogens with two attached hydrogens (primary N) is 1. The molecule has 0 heterocycles. The third kappa shape index (κ3) is 4.96. The lowest BCUT2D eigenvalue weighted by Gasteiger charge is -2.18. The van der Waals surface area contributed by atoms with Gasteiger partial charge in [-0.2, -0.15) is 0 Å². The van der Waals surface area contributed by atoms with Crippen molar-refractivity contribution in [3.05, 3.63) is 29.3 Å². The predicted octanol–water partition coefficient (Wildman–Crippen LogP) is 1.57. The summed E-state index contributed by atoms with van der Waals surface area (Å²) in [5.41, 5.74) is 6.39. The van der Waals surface area contributed by atoms with Gasteiger partial charge in [-0.15, -0.1) is 0 Å². The molecule has 7 heteroatoms. The number of ether oxygens (including phenoxy) is 2. The van der Waals surface area contributed by atoms with E-state index in [0.29, 0.717) is 16.9 Å². The molecule has 0 bridgehead atoms. The maximum atomic E-state index is 11.5. The van der Waals surface area contributed by atoms with Crippen LogP contribution in [0.2, 0.25) is 0 Å². The van der Waals surface area contributed by atoms with Crippen LogP contribution in [-0.2, 0) is 4.74 Å². The van der Waals surface area contributed by atoms with Crippen molar-refractivity contribution < 1.29 is 24.2 Å². The highest BCUT2D eigenvalue weighted by Crippen LogP contribution is 2.27. The molecule has 0 aliphatic rings. The average Bonchev–Trinajstić information content (AvgIpc) is 2.39. The Kier molecular flexibility index (Phi) is 5.98. The number of primary amides is 1. The number of hydrogen-bond acceptors (Lipinski definition) is 5. The first-order valence-corrected chi connectivity index (χ1v) is 6.41. The van der Waals surface area contributed by atoms with Crippen LogP contribution in [0, 0.1) is 6.92 Å². The fourth-order valence-electron chi connectivity index (χ4n) is 1.72. The Balaban J connectivity index is 2.93. The van der Waals surface area contributed by atoms with Gasteiger partial charge in [-0.1, -0.05) is 6.07 Å². The second-order valence-corrected chi connectivity index (χ2v) is 4.73. The molecule has 0 saturated heterocycles. The minimum Gasteiger partial charge on any atom is -0.441 e. The highest BCUT2D eigenvalue weighted by atomic mass is 16.6. The molecule has 1 aromatic carbocycles. The number of rotatable bonds is 5. The number of carbonyl (C=O) groups is 2. The second-order valence-electron chi connectivity index (χ2n) is 4.73. The predicted molar refractivity (Wildman–Crippen MR) is 76.0 cm³/mol. The third-order valence-electron chi connectivity index (χ3n) is 2.78. The summed E-state index contributed by atoms with van der Waals surface area (Å²) >= 11 is 0. The number of hydrogen-bond donors (Lipinski definition) is 2. The van der Waals surface area contributed by atoms with Crippen molar-refractivity contribution in [2.75, 3.05) is 20.7 Å². The van der Waals surface area contributed by atoms with Crippen molar-refractivity contribution >= 4 is 12.2 Å². The van der Waals surface area contributed by atoms with Crippen molar-refractivity contribution in [3.8, 4) is 5.75 Å². The van der Waals surface area contributed by atoms with Crippen molar-refractivity contribution in [1.82, 2.24) is 4.90 Å². The number of aryl methyl sites for hydroxylation is 1. The van der Waals surface area contributed by atoms with Gasteiger partial charge in [0.1, 0.15) is 11.9 Å². The molecule has 2 amide bonds. The number of aliphatic hydroxyl groups is 1. The minimum absolute atomic E-state index is 0.144. The quantitative estimate of drug-likeness (QED) is 0.858. The summed E-state index contributed by atoms with van der Waals surface area (Å²) in [4.78, 5) is 23.7. The van der Waals surface area contributed by atoms with E-state index < -0.39 is 18.3 Å². The van der Waals surface area contributed by atoms with E-state index in [2.05, 4.69) is 0 Å². The van der Waals surface area contributed by atoms with Gasteiger partial charge in [0.15, 0.2) is 0 Å². The Morgan fingerprint density at radius 3 is 2.52 bits per heavy atom. The van der Waals surface area contributed by atoms with Gasteiger partial charge in [0.25, 0.3) is 0 Å². The molecule has 0 spiro atoms. The number of nitrogens with zero attached hydrogens (tertiary/aromatic N) is 1. The molecule has 0 aliphatic heterocycles. The third-order valence-corrected chi connectivity index (χ3v) is 2.78. The molecule has 0 unspecified atom stereocenters. The highest BCUT2D eigenvalue weighted by Gasteiger charge is 2.17. The largest absolute Gasteiger partial charge is 0.441 e. The summed E-state index contributed by atoms with van der Waals surface area (Å²) < 4.78 is 10.1. The maximum absolute atomic E-state index is 11.5. The number of aliphatic hydroxyl groups excluding tert-OH is 1. The maximum Gasteiger partial charge on any atom is 0.414 e. The monoisotopic (exact) mass is 296 g/mol. The standard InChI is InChI=1S/C14H20N2O5/c1-9-8-10(12(6-7-17)20-13(15)18)4-5-11(9)21-14(19)16(2)3/h4-5,8,12,17H,6-7H2,1-3H3,(H2,15,18)/t12-/m1/s1. The van der Waals surface area contributed by atoms with E-state index >= 15 is 0 Å². The van der Waals surface area contributed by atoms with Gasteiger partial charge in [-0.3, -0.25) is 0 Å². The Labute approximate surface area is 123 Å². The first-order valence-electron chi connectivity index (χ1n) is 6.41. The molecule has 0 radical (unpaired) electrons. The van der Waals surface area contributed by atoms with E-state index in [1.54, 1.807) is 39.2 Å². The Morgan fingerprint density at radius 2 is 2.05 bits per heavy atom. The van der Waals surface area contributed by atoms with Crippen LogP contribution < -0.4 is 10.5 Å². The molecule has 1 aromatic rings. The van der Waals surface area contributed by atoms with Crippen molar-refractivity contribution in [1.29, 1.82) is 0 Å². The Morgan fingerprint density at radius 1 is 1.38 bits per heavy atom. The summed E-state index contributed by atoms with van der Waals surface area (Å²) in [5.74, 6) is 0.416. The van der Waals surface area contributed by atoms with Crippen LogP contribution in [0.4, 0.5) is 9.59 Å². The summed E-state index contributed by atoms with van der Waals surface area (Å²) in [6, 6.07) is 5.00. The second kappa shape index (κ2) is 7.49. The molecular weight excluding hydrogens is 276 g/mol. The van der Waals surface area contributed by atoms with Gasteiger partial charge < -0.3 is 25.2 Å². The summed E-state index contributed by atoms with van der Waals surface area (Å²) in [5, 5.41) is 9.01. The van der Waals surface area contributed by atoms with Gasteiger partial charge in [-0.05, 0) is 30.2 Å². The first kappa shape index (κ1) is 16.8. The van der Waals surface area contributed by atoms with Crippen LogP contribution >= 0.6 is 0 Å². The van der Waals surface area contributed by atoms with Gasteiger partial charge in [-0.25, -0.2) is 9.59 Å². The highest BCUT2D eigenvalue weighted by molar-refractivity contribution is 5.70. The Hall–Kier alpha value is -2.28. The lowest BCUT2D eigenvalue weighted by molar-refractivity contribution is 0.0877. The van der Waals surface area contributed by atoms with Crippen LogP contribution in [0.15, 0.2) is 18.2 Å². The van der Waals surface area contributed by atoms with E-state index in [1.807, 2.05) is 0 Å². The topological polar surface area (TPSA) is 102 Å². The Bertz CT molecular complexity index is 516. The van der Waals surface area contributed by atoms with E-state index in [9.17, 15) is 9.59 Å². The van der Waals surface area contributed by atoms with Gasteiger partial charge >= 0.3 is 12.2 Å². The van der Waals surface area contributed by atoms with Crippen molar-refractivity contribution in [2.24, 2.45) is 5.73 Å². The molecular formula is C14H20N2O5. The van der Waals surface area contributed by atoms with Crippen LogP contribution in [-0.4, -0.2) is 42.9 Å². The molecule has 1 rings (SSSR count). The van der Waals surface area contributed by atoms with Gasteiger partial charge in [0, 0.05) is 27.1 Å². The van der Waals surface area contributed by atoms with E-state index in [4.69, 9.17) is 20.3 Å². The van der Waals surface area contributed by atoms with E-state index in [1.165, 1.54) is 4.90 Å². The average molecular weight is 296 g/mol. The zero-order chi connectivity index (χ0) is 16.0.